The summed E-state index contributed by atoms with van der Waals surface area (Å²) in [5.41, 5.74) is 0. The molecule has 4 heteroatoms. The molecular formula is C13H28O4. The molecule has 0 aliphatic carbocycles. The summed E-state index contributed by atoms with van der Waals surface area (Å²) in [5.74, 6) is 0. The van der Waals surface area contributed by atoms with Gasteiger partial charge in [0.05, 0.1) is 39.1 Å². The van der Waals surface area contributed by atoms with Gasteiger partial charge in [-0.2, -0.15) is 0 Å². The van der Waals surface area contributed by atoms with E-state index in [0.717, 1.165) is 12.8 Å². The van der Waals surface area contributed by atoms with E-state index in [1.54, 1.807) is 0 Å². The van der Waals surface area contributed by atoms with Crippen molar-refractivity contribution >= 4 is 0 Å². The molecule has 0 aromatic heterocycles. The van der Waals surface area contributed by atoms with E-state index in [1.807, 2.05) is 0 Å². The maximum Gasteiger partial charge on any atom is 0.0773 e. The minimum absolute atomic E-state index is 0.0420. The summed E-state index contributed by atoms with van der Waals surface area (Å²) in [5, 5.41) is 18.1. The lowest BCUT2D eigenvalue weighted by atomic mass is 10.1. The van der Waals surface area contributed by atoms with E-state index in [-0.39, 0.29) is 12.7 Å². The van der Waals surface area contributed by atoms with E-state index in [1.165, 1.54) is 25.7 Å². The van der Waals surface area contributed by atoms with Gasteiger partial charge in [-0.3, -0.25) is 0 Å². The van der Waals surface area contributed by atoms with E-state index in [0.29, 0.717) is 26.4 Å². The summed E-state index contributed by atoms with van der Waals surface area (Å²) in [6, 6.07) is 0. The molecule has 1 atom stereocenters. The highest BCUT2D eigenvalue weighted by molar-refractivity contribution is 4.54. The first kappa shape index (κ1) is 16.8. The first-order valence-electron chi connectivity index (χ1n) is 6.75. The van der Waals surface area contributed by atoms with Crippen molar-refractivity contribution in [3.05, 3.63) is 0 Å². The summed E-state index contributed by atoms with van der Waals surface area (Å²) < 4.78 is 10.3. The van der Waals surface area contributed by atoms with Crippen LogP contribution in [0.15, 0.2) is 0 Å². The normalized spacial score (nSPS) is 12.9. The molecule has 0 fully saturated rings. The molecule has 2 N–H and O–H groups in total. The standard InChI is InChI=1S/C13H28O4/c1-2-3-4-5-6-7-13(15)12-17-11-10-16-9-8-14/h13-15H,2-12H2,1H3. The highest BCUT2D eigenvalue weighted by Gasteiger charge is 2.03. The number of rotatable bonds is 13. The average Bonchev–Trinajstić information content (AvgIpc) is 2.33. The number of ether oxygens (including phenoxy) is 2. The molecule has 0 amide bonds. The second-order valence-corrected chi connectivity index (χ2v) is 4.27. The van der Waals surface area contributed by atoms with Crippen LogP contribution in [0.1, 0.15) is 45.4 Å². The fourth-order valence-corrected chi connectivity index (χ4v) is 1.57. The lowest BCUT2D eigenvalue weighted by Crippen LogP contribution is -2.17. The Morgan fingerprint density at radius 1 is 0.941 bits per heavy atom. The molecule has 0 spiro atoms. The van der Waals surface area contributed by atoms with Crippen LogP contribution in [0.25, 0.3) is 0 Å². The SMILES string of the molecule is CCCCCCCC(O)COCCOCCO. The summed E-state index contributed by atoms with van der Waals surface area (Å²) in [6.45, 7) is 3.93. The second kappa shape index (κ2) is 13.9. The van der Waals surface area contributed by atoms with Gasteiger partial charge in [0.15, 0.2) is 0 Å². The Hall–Kier alpha value is -0.160. The van der Waals surface area contributed by atoms with Gasteiger partial charge in [0.1, 0.15) is 0 Å². The van der Waals surface area contributed by atoms with E-state index in [9.17, 15) is 5.11 Å². The molecule has 0 rings (SSSR count). The summed E-state index contributed by atoms with van der Waals surface area (Å²) in [7, 11) is 0. The summed E-state index contributed by atoms with van der Waals surface area (Å²) in [4.78, 5) is 0. The molecule has 0 aromatic carbocycles. The quantitative estimate of drug-likeness (QED) is 0.487. The van der Waals surface area contributed by atoms with Gasteiger partial charge < -0.3 is 19.7 Å². The largest absolute Gasteiger partial charge is 0.394 e. The Bertz CT molecular complexity index is 141. The molecule has 0 aliphatic heterocycles. The van der Waals surface area contributed by atoms with Gasteiger partial charge in [0.2, 0.25) is 0 Å². The lowest BCUT2D eigenvalue weighted by molar-refractivity contribution is -0.00465. The summed E-state index contributed by atoms with van der Waals surface area (Å²) >= 11 is 0. The summed E-state index contributed by atoms with van der Waals surface area (Å²) in [6.07, 6.45) is 6.54. The molecule has 17 heavy (non-hydrogen) atoms. The number of unbranched alkanes of at least 4 members (excludes halogenated alkanes) is 4. The lowest BCUT2D eigenvalue weighted by Gasteiger charge is -2.11. The maximum atomic E-state index is 9.60. The van der Waals surface area contributed by atoms with Crippen molar-refractivity contribution in [3.8, 4) is 0 Å². The minimum Gasteiger partial charge on any atom is -0.394 e. The fourth-order valence-electron chi connectivity index (χ4n) is 1.57. The zero-order valence-corrected chi connectivity index (χ0v) is 11.1. The van der Waals surface area contributed by atoms with Crippen molar-refractivity contribution in [2.75, 3.05) is 33.0 Å². The van der Waals surface area contributed by atoms with E-state index in [2.05, 4.69) is 6.92 Å². The monoisotopic (exact) mass is 248 g/mol. The Morgan fingerprint density at radius 2 is 1.65 bits per heavy atom. The molecular weight excluding hydrogens is 220 g/mol. The van der Waals surface area contributed by atoms with Gasteiger partial charge in [-0.1, -0.05) is 39.0 Å². The Labute approximate surface area is 105 Å². The number of hydrogen-bond acceptors (Lipinski definition) is 4. The van der Waals surface area contributed by atoms with Crippen LogP contribution in [0, 0.1) is 0 Å². The zero-order valence-electron chi connectivity index (χ0n) is 11.1. The third-order valence-corrected chi connectivity index (χ3v) is 2.56. The van der Waals surface area contributed by atoms with E-state index in [4.69, 9.17) is 14.6 Å². The van der Waals surface area contributed by atoms with Crippen LogP contribution in [-0.2, 0) is 9.47 Å². The smallest absolute Gasteiger partial charge is 0.0773 e. The van der Waals surface area contributed by atoms with Crippen molar-refractivity contribution in [1.29, 1.82) is 0 Å². The van der Waals surface area contributed by atoms with Gasteiger partial charge in [-0.15, -0.1) is 0 Å². The average molecular weight is 248 g/mol. The van der Waals surface area contributed by atoms with Crippen molar-refractivity contribution in [2.45, 2.75) is 51.6 Å². The van der Waals surface area contributed by atoms with Gasteiger partial charge >= 0.3 is 0 Å². The molecule has 1 unspecified atom stereocenters. The highest BCUT2D eigenvalue weighted by atomic mass is 16.5. The highest BCUT2D eigenvalue weighted by Crippen LogP contribution is 2.07. The Morgan fingerprint density at radius 3 is 2.35 bits per heavy atom. The molecule has 0 saturated heterocycles. The first-order chi connectivity index (χ1) is 8.31. The van der Waals surface area contributed by atoms with E-state index >= 15 is 0 Å². The topological polar surface area (TPSA) is 58.9 Å². The number of aliphatic hydroxyl groups is 2. The van der Waals surface area contributed by atoms with Crippen molar-refractivity contribution in [1.82, 2.24) is 0 Å². The molecule has 0 saturated carbocycles. The van der Waals surface area contributed by atoms with Crippen LogP contribution in [0.3, 0.4) is 0 Å². The molecule has 0 aromatic rings. The van der Waals surface area contributed by atoms with Gasteiger partial charge in [0.25, 0.3) is 0 Å². The van der Waals surface area contributed by atoms with Gasteiger partial charge in [-0.05, 0) is 6.42 Å². The van der Waals surface area contributed by atoms with Gasteiger partial charge in [0, 0.05) is 0 Å². The number of hydrogen-bond donors (Lipinski definition) is 2. The fraction of sp³-hybridized carbons (Fsp3) is 1.00. The molecule has 4 nitrogen and oxygen atoms in total. The van der Waals surface area contributed by atoms with Crippen molar-refractivity contribution in [3.63, 3.8) is 0 Å². The molecule has 0 aliphatic rings. The third kappa shape index (κ3) is 13.8. The van der Waals surface area contributed by atoms with Crippen molar-refractivity contribution < 1.29 is 19.7 Å². The first-order valence-corrected chi connectivity index (χ1v) is 6.75. The van der Waals surface area contributed by atoms with Gasteiger partial charge in [-0.25, -0.2) is 0 Å². The van der Waals surface area contributed by atoms with Crippen molar-refractivity contribution in [2.24, 2.45) is 0 Å². The van der Waals surface area contributed by atoms with Crippen LogP contribution in [-0.4, -0.2) is 49.4 Å². The van der Waals surface area contributed by atoms with Crippen LogP contribution in [0.4, 0.5) is 0 Å². The van der Waals surface area contributed by atoms with Crippen LogP contribution in [0.2, 0.25) is 0 Å². The molecule has 104 valence electrons. The Kier molecular flexibility index (Phi) is 13.8. The van der Waals surface area contributed by atoms with E-state index < -0.39 is 0 Å². The second-order valence-electron chi connectivity index (χ2n) is 4.27. The third-order valence-electron chi connectivity index (χ3n) is 2.56. The van der Waals surface area contributed by atoms with Crippen LogP contribution < -0.4 is 0 Å². The van der Waals surface area contributed by atoms with Crippen LogP contribution >= 0.6 is 0 Å². The molecule has 0 radical (unpaired) electrons. The predicted octanol–water partition coefficient (Wildman–Crippen LogP) is 1.73. The Balaban J connectivity index is 3.09. The number of aliphatic hydroxyl groups excluding tert-OH is 2. The minimum atomic E-state index is -0.352. The molecule has 0 bridgehead atoms. The zero-order chi connectivity index (χ0) is 12.8. The predicted molar refractivity (Wildman–Crippen MR) is 68.1 cm³/mol. The molecule has 0 heterocycles. The maximum absolute atomic E-state index is 9.60. The van der Waals surface area contributed by atoms with Crippen LogP contribution in [0.5, 0.6) is 0 Å².